The Bertz CT molecular complexity index is 510. The zero-order chi connectivity index (χ0) is 13.8. The number of thioether (sulfide) groups is 1. The summed E-state index contributed by atoms with van der Waals surface area (Å²) < 4.78 is 24.7. The molecule has 0 heterocycles. The van der Waals surface area contributed by atoms with Crippen LogP contribution in [-0.2, 0) is 14.6 Å². The standard InChI is InChI=1S/C11H13BrO4S2/c1-8(11(13)14)17-6-7-18(15,16)10-4-2-9(12)3-5-10/h2-5,8H,6-7H2,1H3,(H,13,14). The number of hydrogen-bond donors (Lipinski definition) is 1. The molecule has 0 bridgehead atoms. The van der Waals surface area contributed by atoms with E-state index in [9.17, 15) is 13.2 Å². The van der Waals surface area contributed by atoms with Crippen LogP contribution < -0.4 is 0 Å². The summed E-state index contributed by atoms with van der Waals surface area (Å²) in [5.41, 5.74) is 0. The Balaban J connectivity index is 2.60. The number of rotatable bonds is 6. The molecule has 0 aromatic heterocycles. The van der Waals surface area contributed by atoms with Crippen LogP contribution >= 0.6 is 27.7 Å². The monoisotopic (exact) mass is 352 g/mol. The maximum absolute atomic E-state index is 11.9. The molecule has 1 aromatic carbocycles. The van der Waals surface area contributed by atoms with E-state index in [2.05, 4.69) is 15.9 Å². The van der Waals surface area contributed by atoms with E-state index in [0.717, 1.165) is 16.2 Å². The number of carboxylic acids is 1. The van der Waals surface area contributed by atoms with E-state index in [-0.39, 0.29) is 16.4 Å². The number of halogens is 1. The number of hydrogen-bond acceptors (Lipinski definition) is 4. The van der Waals surface area contributed by atoms with Crippen LogP contribution in [0.2, 0.25) is 0 Å². The number of benzene rings is 1. The molecule has 1 unspecified atom stereocenters. The molecule has 0 spiro atoms. The Kier molecular flexibility index (Phi) is 5.68. The lowest BCUT2D eigenvalue weighted by Crippen LogP contribution is -2.15. The Morgan fingerprint density at radius 3 is 2.44 bits per heavy atom. The van der Waals surface area contributed by atoms with Crippen molar-refractivity contribution < 1.29 is 18.3 Å². The van der Waals surface area contributed by atoms with Crippen molar-refractivity contribution >= 4 is 43.5 Å². The van der Waals surface area contributed by atoms with Crippen LogP contribution in [0.3, 0.4) is 0 Å². The Morgan fingerprint density at radius 1 is 1.39 bits per heavy atom. The molecule has 7 heteroatoms. The highest BCUT2D eigenvalue weighted by Crippen LogP contribution is 2.18. The number of carbonyl (C=O) groups is 1. The third-order valence-corrected chi connectivity index (χ3v) is 5.90. The zero-order valence-corrected chi connectivity index (χ0v) is 12.9. The molecule has 4 nitrogen and oxygen atoms in total. The summed E-state index contributed by atoms with van der Waals surface area (Å²) >= 11 is 4.36. The van der Waals surface area contributed by atoms with Crippen LogP contribution in [-0.4, -0.2) is 36.2 Å². The fourth-order valence-electron chi connectivity index (χ4n) is 1.17. The van der Waals surface area contributed by atoms with E-state index in [1.807, 2.05) is 0 Å². The quantitative estimate of drug-likeness (QED) is 0.851. The van der Waals surface area contributed by atoms with Crippen molar-refractivity contribution in [3.8, 4) is 0 Å². The van der Waals surface area contributed by atoms with Gasteiger partial charge in [0.15, 0.2) is 9.84 Å². The van der Waals surface area contributed by atoms with Crippen LogP contribution in [0.4, 0.5) is 0 Å². The van der Waals surface area contributed by atoms with Gasteiger partial charge in [-0.3, -0.25) is 4.79 Å². The van der Waals surface area contributed by atoms with E-state index in [4.69, 9.17) is 5.11 Å². The van der Waals surface area contributed by atoms with Gasteiger partial charge in [0, 0.05) is 10.2 Å². The van der Waals surface area contributed by atoms with Crippen molar-refractivity contribution in [2.75, 3.05) is 11.5 Å². The maximum Gasteiger partial charge on any atom is 0.316 e. The van der Waals surface area contributed by atoms with Gasteiger partial charge in [0.2, 0.25) is 0 Å². The minimum Gasteiger partial charge on any atom is -0.480 e. The van der Waals surface area contributed by atoms with E-state index in [1.54, 1.807) is 19.1 Å². The van der Waals surface area contributed by atoms with E-state index in [1.165, 1.54) is 12.1 Å². The molecule has 1 N–H and O–H groups in total. The lowest BCUT2D eigenvalue weighted by atomic mass is 10.4. The van der Waals surface area contributed by atoms with Gasteiger partial charge in [0.05, 0.1) is 15.9 Å². The third-order valence-electron chi connectivity index (χ3n) is 2.24. The lowest BCUT2D eigenvalue weighted by Gasteiger charge is -2.07. The van der Waals surface area contributed by atoms with Gasteiger partial charge < -0.3 is 5.11 Å². The highest BCUT2D eigenvalue weighted by Gasteiger charge is 2.17. The Hall–Kier alpha value is -0.530. The molecule has 1 rings (SSSR count). The zero-order valence-electron chi connectivity index (χ0n) is 9.67. The van der Waals surface area contributed by atoms with Crippen molar-refractivity contribution in [3.63, 3.8) is 0 Å². The summed E-state index contributed by atoms with van der Waals surface area (Å²) in [5, 5.41) is 8.09. The van der Waals surface area contributed by atoms with Crippen molar-refractivity contribution in [2.24, 2.45) is 0 Å². The van der Waals surface area contributed by atoms with Gasteiger partial charge in [-0.1, -0.05) is 15.9 Å². The lowest BCUT2D eigenvalue weighted by molar-refractivity contribution is -0.136. The number of sulfone groups is 1. The molecule has 0 fully saturated rings. The van der Waals surface area contributed by atoms with Gasteiger partial charge in [-0.25, -0.2) is 8.42 Å². The first-order valence-electron chi connectivity index (χ1n) is 5.15. The molecule has 0 saturated heterocycles. The molecule has 100 valence electrons. The predicted molar refractivity (Wildman–Crippen MR) is 75.8 cm³/mol. The highest BCUT2D eigenvalue weighted by atomic mass is 79.9. The van der Waals surface area contributed by atoms with Crippen molar-refractivity contribution in [1.82, 2.24) is 0 Å². The SMILES string of the molecule is CC(SCCS(=O)(=O)c1ccc(Br)cc1)C(=O)O. The van der Waals surface area contributed by atoms with Gasteiger partial charge >= 0.3 is 5.97 Å². The maximum atomic E-state index is 11.9. The van der Waals surface area contributed by atoms with Crippen LogP contribution in [0.25, 0.3) is 0 Å². The molecular weight excluding hydrogens is 340 g/mol. The summed E-state index contributed by atoms with van der Waals surface area (Å²) in [5.74, 6) is -0.718. The van der Waals surface area contributed by atoms with Crippen molar-refractivity contribution in [1.29, 1.82) is 0 Å². The minimum atomic E-state index is -3.33. The van der Waals surface area contributed by atoms with Crippen LogP contribution in [0.15, 0.2) is 33.6 Å². The van der Waals surface area contributed by atoms with E-state index >= 15 is 0 Å². The molecule has 18 heavy (non-hydrogen) atoms. The van der Waals surface area contributed by atoms with Crippen LogP contribution in [0, 0.1) is 0 Å². The topological polar surface area (TPSA) is 71.4 Å². The fourth-order valence-corrected chi connectivity index (χ4v) is 3.98. The Labute approximate surface area is 119 Å². The summed E-state index contributed by atoms with van der Waals surface area (Å²) in [6.07, 6.45) is 0. The molecule has 0 amide bonds. The number of aliphatic carboxylic acids is 1. The second-order valence-corrected chi connectivity index (χ2v) is 8.10. The third kappa shape index (κ3) is 4.62. The van der Waals surface area contributed by atoms with Crippen molar-refractivity contribution in [3.05, 3.63) is 28.7 Å². The van der Waals surface area contributed by atoms with Crippen LogP contribution in [0.5, 0.6) is 0 Å². The smallest absolute Gasteiger partial charge is 0.316 e. The summed E-state index contributed by atoms with van der Waals surface area (Å²) in [4.78, 5) is 10.8. The van der Waals surface area contributed by atoms with Gasteiger partial charge in [-0.05, 0) is 31.2 Å². The summed E-state index contributed by atoms with van der Waals surface area (Å²) in [6, 6.07) is 6.40. The second-order valence-electron chi connectivity index (χ2n) is 3.62. The molecule has 0 aliphatic carbocycles. The molecule has 0 radical (unpaired) electrons. The molecule has 0 saturated carbocycles. The Morgan fingerprint density at radius 2 is 1.94 bits per heavy atom. The largest absolute Gasteiger partial charge is 0.480 e. The fraction of sp³-hybridized carbons (Fsp3) is 0.364. The first-order chi connectivity index (χ1) is 8.33. The van der Waals surface area contributed by atoms with E-state index in [0.29, 0.717) is 0 Å². The summed E-state index contributed by atoms with van der Waals surface area (Å²) in [6.45, 7) is 1.54. The molecule has 0 aliphatic heterocycles. The normalized spacial score (nSPS) is 13.2. The molecular formula is C11H13BrO4S2. The molecule has 1 atom stereocenters. The average molecular weight is 353 g/mol. The van der Waals surface area contributed by atoms with Crippen molar-refractivity contribution in [2.45, 2.75) is 17.1 Å². The van der Waals surface area contributed by atoms with Gasteiger partial charge in [0.25, 0.3) is 0 Å². The molecule has 1 aromatic rings. The second kappa shape index (κ2) is 6.58. The van der Waals surface area contributed by atoms with Gasteiger partial charge in [-0.15, -0.1) is 11.8 Å². The minimum absolute atomic E-state index is 0.0586. The summed E-state index contributed by atoms with van der Waals surface area (Å²) in [7, 11) is -3.33. The van der Waals surface area contributed by atoms with Gasteiger partial charge in [0.1, 0.15) is 0 Å². The average Bonchev–Trinajstić information content (AvgIpc) is 2.29. The van der Waals surface area contributed by atoms with E-state index < -0.39 is 21.1 Å². The molecule has 0 aliphatic rings. The first-order valence-corrected chi connectivity index (χ1v) is 8.65. The first kappa shape index (κ1) is 15.5. The van der Waals surface area contributed by atoms with Crippen LogP contribution in [0.1, 0.15) is 6.92 Å². The highest BCUT2D eigenvalue weighted by molar-refractivity contribution is 9.10. The number of carboxylic acid groups (broad SMARTS) is 1. The predicted octanol–water partition coefficient (Wildman–Crippen LogP) is 2.43. The van der Waals surface area contributed by atoms with Gasteiger partial charge in [-0.2, -0.15) is 0 Å².